The number of anilines is 1. The highest BCUT2D eigenvalue weighted by Crippen LogP contribution is 2.32. The van der Waals surface area contributed by atoms with Gasteiger partial charge in [0.05, 0.1) is 25.7 Å². The summed E-state index contributed by atoms with van der Waals surface area (Å²) in [5.74, 6) is -0.131. The van der Waals surface area contributed by atoms with Crippen LogP contribution in [-0.2, 0) is 4.79 Å². The molecule has 172 valence electrons. The number of piperidine rings is 1. The van der Waals surface area contributed by atoms with Crippen molar-refractivity contribution in [3.8, 4) is 17.2 Å². The van der Waals surface area contributed by atoms with Crippen LogP contribution in [0.1, 0.15) is 23.2 Å². The Balaban J connectivity index is 1.74. The third-order valence-electron chi connectivity index (χ3n) is 5.48. The topological polar surface area (TPSA) is 68.3 Å². The molecule has 1 aliphatic rings. The van der Waals surface area contributed by atoms with Gasteiger partial charge in [0.1, 0.15) is 5.75 Å². The molecule has 9 heteroatoms. The van der Waals surface area contributed by atoms with Crippen molar-refractivity contribution in [1.82, 2.24) is 4.90 Å². The summed E-state index contributed by atoms with van der Waals surface area (Å²) < 4.78 is 40.5. The molecule has 0 aliphatic carbocycles. The molecule has 7 nitrogen and oxygen atoms in total. The zero-order chi connectivity index (χ0) is 23.3. The van der Waals surface area contributed by atoms with Crippen molar-refractivity contribution in [2.24, 2.45) is 5.92 Å². The highest BCUT2D eigenvalue weighted by molar-refractivity contribution is 5.98. The van der Waals surface area contributed by atoms with Crippen molar-refractivity contribution in [2.45, 2.75) is 19.5 Å². The van der Waals surface area contributed by atoms with Gasteiger partial charge in [-0.1, -0.05) is 12.1 Å². The molecule has 0 N–H and O–H groups in total. The van der Waals surface area contributed by atoms with Crippen molar-refractivity contribution in [1.29, 1.82) is 0 Å². The average molecular weight is 448 g/mol. The summed E-state index contributed by atoms with van der Waals surface area (Å²) in [6.45, 7) is -2.40. The molecule has 1 atom stereocenters. The Morgan fingerprint density at radius 2 is 1.78 bits per heavy atom. The first-order valence-electron chi connectivity index (χ1n) is 10.2. The lowest BCUT2D eigenvalue weighted by Crippen LogP contribution is -2.46. The van der Waals surface area contributed by atoms with Crippen LogP contribution in [0.15, 0.2) is 42.5 Å². The van der Waals surface area contributed by atoms with E-state index in [0.717, 1.165) is 0 Å². The number of methoxy groups -OCH3 is 2. The van der Waals surface area contributed by atoms with Crippen LogP contribution in [0.25, 0.3) is 0 Å². The molecule has 0 radical (unpaired) electrons. The van der Waals surface area contributed by atoms with E-state index in [2.05, 4.69) is 4.74 Å². The van der Waals surface area contributed by atoms with Crippen LogP contribution in [0.5, 0.6) is 17.2 Å². The van der Waals surface area contributed by atoms with Crippen LogP contribution in [0, 0.1) is 5.92 Å². The Kier molecular flexibility index (Phi) is 7.50. The highest BCUT2D eigenvalue weighted by Gasteiger charge is 2.32. The van der Waals surface area contributed by atoms with Crippen LogP contribution < -0.4 is 19.1 Å². The molecule has 2 aromatic rings. The molecule has 0 saturated carbocycles. The lowest BCUT2D eigenvalue weighted by Gasteiger charge is -2.34. The van der Waals surface area contributed by atoms with Gasteiger partial charge in [0.2, 0.25) is 5.91 Å². The number of para-hydroxylation sites is 1. The maximum Gasteiger partial charge on any atom is 0.387 e. The summed E-state index contributed by atoms with van der Waals surface area (Å²) in [5, 5.41) is 0. The number of carbonyl (C=O) groups excluding carboxylic acids is 2. The molecule has 1 heterocycles. The van der Waals surface area contributed by atoms with Crippen molar-refractivity contribution >= 4 is 17.5 Å². The van der Waals surface area contributed by atoms with Crippen LogP contribution >= 0.6 is 0 Å². The van der Waals surface area contributed by atoms with Gasteiger partial charge in [-0.25, -0.2) is 0 Å². The summed E-state index contributed by atoms with van der Waals surface area (Å²) in [4.78, 5) is 29.2. The number of halogens is 2. The van der Waals surface area contributed by atoms with E-state index in [1.54, 1.807) is 31.3 Å². The van der Waals surface area contributed by atoms with Crippen LogP contribution in [0.3, 0.4) is 0 Å². The van der Waals surface area contributed by atoms with E-state index in [-0.39, 0.29) is 23.8 Å². The van der Waals surface area contributed by atoms with E-state index in [1.807, 2.05) is 0 Å². The molecule has 0 aromatic heterocycles. The SMILES string of the molecule is COc1ccc(N(C)C(=O)C2CCCN(C(=O)c3ccccc3OC(F)F)C2)cc1OC. The van der Waals surface area contributed by atoms with Crippen LogP contribution in [0.4, 0.5) is 14.5 Å². The van der Waals surface area contributed by atoms with E-state index in [9.17, 15) is 18.4 Å². The maximum atomic E-state index is 13.2. The fourth-order valence-corrected chi connectivity index (χ4v) is 3.81. The second-order valence-corrected chi connectivity index (χ2v) is 7.40. The molecule has 1 unspecified atom stereocenters. The minimum atomic E-state index is -3.03. The number of carbonyl (C=O) groups is 2. The number of alkyl halides is 2. The number of benzene rings is 2. The second kappa shape index (κ2) is 10.3. The molecule has 1 fully saturated rings. The van der Waals surface area contributed by atoms with E-state index in [1.165, 1.54) is 42.2 Å². The van der Waals surface area contributed by atoms with Gasteiger partial charge < -0.3 is 24.0 Å². The molecule has 1 saturated heterocycles. The zero-order valence-corrected chi connectivity index (χ0v) is 18.2. The van der Waals surface area contributed by atoms with Gasteiger partial charge in [-0.05, 0) is 37.1 Å². The first kappa shape index (κ1) is 23.3. The van der Waals surface area contributed by atoms with Gasteiger partial charge in [-0.15, -0.1) is 0 Å². The zero-order valence-electron chi connectivity index (χ0n) is 18.2. The predicted molar refractivity (Wildman–Crippen MR) is 115 cm³/mol. The van der Waals surface area contributed by atoms with E-state index in [0.29, 0.717) is 36.6 Å². The Morgan fingerprint density at radius 3 is 2.47 bits per heavy atom. The van der Waals surface area contributed by atoms with Gasteiger partial charge >= 0.3 is 6.61 Å². The number of nitrogens with zero attached hydrogens (tertiary/aromatic N) is 2. The normalized spacial score (nSPS) is 15.9. The average Bonchev–Trinajstić information content (AvgIpc) is 2.82. The first-order valence-corrected chi connectivity index (χ1v) is 10.2. The van der Waals surface area contributed by atoms with Crippen molar-refractivity contribution in [2.75, 3.05) is 39.3 Å². The fraction of sp³-hybridized carbons (Fsp3) is 0.391. The smallest absolute Gasteiger partial charge is 0.387 e. The molecule has 3 rings (SSSR count). The number of ether oxygens (including phenoxy) is 3. The standard InChI is InChI=1S/C23H26F2N2O5/c1-26(16-10-11-19(30-2)20(13-16)31-3)21(28)15-7-6-12-27(14-15)22(29)17-8-4-5-9-18(17)32-23(24)25/h4-5,8-11,13,15,23H,6-7,12,14H2,1-3H3. The van der Waals surface area contributed by atoms with E-state index in [4.69, 9.17) is 9.47 Å². The van der Waals surface area contributed by atoms with Crippen molar-refractivity contribution in [3.63, 3.8) is 0 Å². The largest absolute Gasteiger partial charge is 0.493 e. The van der Waals surface area contributed by atoms with E-state index < -0.39 is 18.4 Å². The summed E-state index contributed by atoms with van der Waals surface area (Å²) in [6, 6.07) is 11.1. The van der Waals surface area contributed by atoms with Gasteiger partial charge in [0.15, 0.2) is 11.5 Å². The van der Waals surface area contributed by atoms with E-state index >= 15 is 0 Å². The third kappa shape index (κ3) is 5.09. The molecule has 2 amide bonds. The minimum Gasteiger partial charge on any atom is -0.493 e. The van der Waals surface area contributed by atoms with Crippen molar-refractivity contribution < 1.29 is 32.6 Å². The van der Waals surface area contributed by atoms with Crippen LogP contribution in [0.2, 0.25) is 0 Å². The van der Waals surface area contributed by atoms with Crippen LogP contribution in [-0.4, -0.2) is 57.7 Å². The number of hydrogen-bond acceptors (Lipinski definition) is 5. The Labute approximate surface area is 185 Å². The van der Waals surface area contributed by atoms with Gasteiger partial charge in [-0.2, -0.15) is 8.78 Å². The Bertz CT molecular complexity index is 969. The highest BCUT2D eigenvalue weighted by atomic mass is 19.3. The van der Waals surface area contributed by atoms with Gasteiger partial charge in [0.25, 0.3) is 5.91 Å². The Hall–Kier alpha value is -3.36. The molecular weight excluding hydrogens is 422 g/mol. The summed E-state index contributed by atoms with van der Waals surface area (Å²) in [5.41, 5.74) is 0.681. The molecule has 1 aliphatic heterocycles. The summed E-state index contributed by atoms with van der Waals surface area (Å²) in [7, 11) is 4.71. The first-order chi connectivity index (χ1) is 15.3. The molecular formula is C23H26F2N2O5. The number of rotatable bonds is 7. The Morgan fingerprint density at radius 1 is 1.06 bits per heavy atom. The lowest BCUT2D eigenvalue weighted by atomic mass is 9.95. The lowest BCUT2D eigenvalue weighted by molar-refractivity contribution is -0.123. The number of amides is 2. The monoisotopic (exact) mass is 448 g/mol. The second-order valence-electron chi connectivity index (χ2n) is 7.40. The number of hydrogen-bond donors (Lipinski definition) is 0. The van der Waals surface area contributed by atoms with Crippen molar-refractivity contribution in [3.05, 3.63) is 48.0 Å². The third-order valence-corrected chi connectivity index (χ3v) is 5.48. The molecule has 0 spiro atoms. The summed E-state index contributed by atoms with van der Waals surface area (Å²) in [6.07, 6.45) is 1.25. The fourth-order valence-electron chi connectivity index (χ4n) is 3.81. The molecule has 2 aromatic carbocycles. The van der Waals surface area contributed by atoms with Gasteiger partial charge in [-0.3, -0.25) is 9.59 Å². The number of likely N-dealkylation sites (tertiary alicyclic amines) is 1. The minimum absolute atomic E-state index is 0.0501. The van der Waals surface area contributed by atoms with Gasteiger partial charge in [0, 0.05) is 31.9 Å². The molecule has 32 heavy (non-hydrogen) atoms. The summed E-state index contributed by atoms with van der Waals surface area (Å²) >= 11 is 0. The predicted octanol–water partition coefficient (Wildman–Crippen LogP) is 3.82. The maximum absolute atomic E-state index is 13.2. The molecule has 0 bridgehead atoms. The quantitative estimate of drug-likeness (QED) is 0.644.